The molecule has 5 heteroatoms. The summed E-state index contributed by atoms with van der Waals surface area (Å²) < 4.78 is 11.0. The van der Waals surface area contributed by atoms with Crippen LogP contribution in [0.5, 0.6) is 5.75 Å². The van der Waals surface area contributed by atoms with Gasteiger partial charge in [-0.2, -0.15) is 10.2 Å². The number of hydrogen-bond donors (Lipinski definition) is 0. The summed E-state index contributed by atoms with van der Waals surface area (Å²) in [6, 6.07) is 15.6. The predicted octanol–water partition coefficient (Wildman–Crippen LogP) is 6.94. The molecule has 2 rings (SSSR count). The lowest BCUT2D eigenvalue weighted by atomic mass is 10.1. The Labute approximate surface area is 174 Å². The van der Waals surface area contributed by atoms with Crippen molar-refractivity contribution in [3.8, 4) is 5.75 Å². The van der Waals surface area contributed by atoms with Gasteiger partial charge in [0.05, 0.1) is 30.5 Å². The van der Waals surface area contributed by atoms with Gasteiger partial charge in [-0.3, -0.25) is 4.79 Å². The van der Waals surface area contributed by atoms with Gasteiger partial charge in [-0.25, -0.2) is 0 Å². The number of ether oxygens (including phenoxy) is 2. The van der Waals surface area contributed by atoms with Crippen LogP contribution < -0.4 is 4.74 Å². The van der Waals surface area contributed by atoms with E-state index in [0.29, 0.717) is 13.2 Å². The second-order valence-corrected chi connectivity index (χ2v) is 7.27. The number of aryl methyl sites for hydroxylation is 1. The number of carbonyl (C=O) groups excluding carboxylic acids is 1. The van der Waals surface area contributed by atoms with E-state index >= 15 is 0 Å². The Morgan fingerprint density at radius 1 is 0.862 bits per heavy atom. The summed E-state index contributed by atoms with van der Waals surface area (Å²) in [5, 5.41) is 8.48. The summed E-state index contributed by atoms with van der Waals surface area (Å²) in [5.41, 5.74) is 2.84. The molecular formula is C24H32N2O3. The Hall–Kier alpha value is -2.69. The summed E-state index contributed by atoms with van der Waals surface area (Å²) in [4.78, 5) is 11.6. The molecule has 2 aromatic rings. The van der Waals surface area contributed by atoms with Crippen molar-refractivity contribution in [2.45, 2.75) is 52.9 Å². The molecule has 2 aromatic carbocycles. The highest BCUT2D eigenvalue weighted by atomic mass is 16.5. The van der Waals surface area contributed by atoms with Gasteiger partial charge in [0.15, 0.2) is 0 Å². The fraction of sp³-hybridized carbons (Fsp3) is 0.458. The average molecular weight is 397 g/mol. The molecule has 0 amide bonds. The van der Waals surface area contributed by atoms with E-state index in [0.717, 1.165) is 49.2 Å². The van der Waals surface area contributed by atoms with Gasteiger partial charge in [-0.05, 0) is 75.4 Å². The van der Waals surface area contributed by atoms with Gasteiger partial charge in [-0.1, -0.05) is 31.5 Å². The molecule has 0 bridgehead atoms. The molecule has 0 radical (unpaired) electrons. The highest BCUT2D eigenvalue weighted by Gasteiger charge is 2.10. The van der Waals surface area contributed by atoms with Crippen LogP contribution in [0.25, 0.3) is 0 Å². The predicted molar refractivity (Wildman–Crippen MR) is 116 cm³/mol. The molecule has 156 valence electrons. The lowest BCUT2D eigenvalue weighted by Gasteiger charge is -2.09. The number of carbonyl (C=O) groups is 1. The number of nitrogens with zero attached hydrogens (tertiary/aromatic N) is 2. The molecule has 1 atom stereocenters. The van der Waals surface area contributed by atoms with Crippen molar-refractivity contribution in [1.29, 1.82) is 0 Å². The number of unbranched alkanes of at least 4 members (excludes halogenated alkanes) is 3. The monoisotopic (exact) mass is 396 g/mol. The highest BCUT2D eigenvalue weighted by Crippen LogP contribution is 2.21. The third-order valence-corrected chi connectivity index (χ3v) is 4.72. The Morgan fingerprint density at radius 2 is 1.41 bits per heavy atom. The van der Waals surface area contributed by atoms with Crippen LogP contribution >= 0.6 is 0 Å². The first kappa shape index (κ1) is 22.6. The zero-order valence-corrected chi connectivity index (χ0v) is 17.8. The number of esters is 1. The molecule has 29 heavy (non-hydrogen) atoms. The number of benzene rings is 2. The molecule has 0 saturated heterocycles. The second kappa shape index (κ2) is 12.7. The van der Waals surface area contributed by atoms with Crippen molar-refractivity contribution in [1.82, 2.24) is 0 Å². The van der Waals surface area contributed by atoms with Crippen LogP contribution in [0.15, 0.2) is 58.8 Å². The van der Waals surface area contributed by atoms with Gasteiger partial charge < -0.3 is 9.47 Å². The normalized spacial score (nSPS) is 12.1. The average Bonchev–Trinajstić information content (AvgIpc) is 2.75. The Kier molecular flexibility index (Phi) is 9.90. The first-order chi connectivity index (χ1) is 14.1. The van der Waals surface area contributed by atoms with E-state index in [1.807, 2.05) is 69.3 Å². The highest BCUT2D eigenvalue weighted by molar-refractivity contribution is 5.71. The van der Waals surface area contributed by atoms with Crippen molar-refractivity contribution >= 4 is 17.3 Å². The van der Waals surface area contributed by atoms with E-state index < -0.39 is 0 Å². The van der Waals surface area contributed by atoms with Gasteiger partial charge in [0.25, 0.3) is 0 Å². The molecule has 0 N–H and O–H groups in total. The van der Waals surface area contributed by atoms with Crippen molar-refractivity contribution < 1.29 is 14.3 Å². The molecule has 0 aliphatic heterocycles. The van der Waals surface area contributed by atoms with Crippen LogP contribution in [-0.2, 0) is 9.53 Å². The van der Waals surface area contributed by atoms with Gasteiger partial charge in [-0.15, -0.1) is 0 Å². The van der Waals surface area contributed by atoms with Crippen LogP contribution in [0.2, 0.25) is 0 Å². The standard InChI is InChI=1S/C24H32N2O3/c1-4-20(3)24(27)29-18-8-6-5-7-17-28-23-15-13-22(14-16-23)26-25-21-11-9-19(2)10-12-21/h9-16,20H,4-8,17-18H2,1-3H3. The zero-order valence-electron chi connectivity index (χ0n) is 17.8. The summed E-state index contributed by atoms with van der Waals surface area (Å²) in [6.07, 6.45) is 4.81. The lowest BCUT2D eigenvalue weighted by molar-refractivity contribution is -0.148. The third-order valence-electron chi connectivity index (χ3n) is 4.72. The van der Waals surface area contributed by atoms with Crippen LogP contribution in [-0.4, -0.2) is 19.2 Å². The smallest absolute Gasteiger partial charge is 0.308 e. The van der Waals surface area contributed by atoms with Gasteiger partial charge >= 0.3 is 5.97 Å². The Morgan fingerprint density at radius 3 is 2.00 bits per heavy atom. The zero-order chi connectivity index (χ0) is 20.9. The van der Waals surface area contributed by atoms with Crippen LogP contribution in [0.3, 0.4) is 0 Å². The van der Waals surface area contributed by atoms with Crippen LogP contribution in [0.1, 0.15) is 51.5 Å². The maximum absolute atomic E-state index is 11.6. The lowest BCUT2D eigenvalue weighted by Crippen LogP contribution is -2.14. The van der Waals surface area contributed by atoms with Gasteiger partial charge in [0.2, 0.25) is 0 Å². The first-order valence-electron chi connectivity index (χ1n) is 10.5. The minimum Gasteiger partial charge on any atom is -0.494 e. The number of rotatable bonds is 12. The fourth-order valence-corrected chi connectivity index (χ4v) is 2.57. The SMILES string of the molecule is CCC(C)C(=O)OCCCCCCOc1ccc(N=Nc2ccc(C)cc2)cc1. The summed E-state index contributed by atoms with van der Waals surface area (Å²) in [5.74, 6) is 0.748. The molecule has 5 nitrogen and oxygen atoms in total. The minimum atomic E-state index is -0.0855. The maximum atomic E-state index is 11.6. The molecule has 1 unspecified atom stereocenters. The number of hydrogen-bond acceptors (Lipinski definition) is 5. The van der Waals surface area contributed by atoms with Crippen molar-refractivity contribution in [2.75, 3.05) is 13.2 Å². The van der Waals surface area contributed by atoms with E-state index in [4.69, 9.17) is 9.47 Å². The molecule has 0 aromatic heterocycles. The second-order valence-electron chi connectivity index (χ2n) is 7.27. The van der Waals surface area contributed by atoms with Crippen molar-refractivity contribution in [3.05, 3.63) is 54.1 Å². The fourth-order valence-electron chi connectivity index (χ4n) is 2.57. The third kappa shape index (κ3) is 8.90. The van der Waals surface area contributed by atoms with Gasteiger partial charge in [0, 0.05) is 0 Å². The van der Waals surface area contributed by atoms with E-state index in [1.165, 1.54) is 5.56 Å². The van der Waals surface area contributed by atoms with Crippen molar-refractivity contribution in [3.63, 3.8) is 0 Å². The molecule has 0 saturated carbocycles. The molecule has 0 aliphatic rings. The van der Waals surface area contributed by atoms with Crippen LogP contribution in [0.4, 0.5) is 11.4 Å². The van der Waals surface area contributed by atoms with E-state index in [-0.39, 0.29) is 11.9 Å². The molecule has 0 aliphatic carbocycles. The minimum absolute atomic E-state index is 0.00105. The summed E-state index contributed by atoms with van der Waals surface area (Å²) in [6.45, 7) is 7.14. The first-order valence-corrected chi connectivity index (χ1v) is 10.5. The molecule has 0 fully saturated rings. The number of azo groups is 1. The molecule has 0 heterocycles. The quantitative estimate of drug-likeness (QED) is 0.222. The van der Waals surface area contributed by atoms with E-state index in [2.05, 4.69) is 10.2 Å². The maximum Gasteiger partial charge on any atom is 0.308 e. The summed E-state index contributed by atoms with van der Waals surface area (Å²) >= 11 is 0. The van der Waals surface area contributed by atoms with E-state index in [9.17, 15) is 4.79 Å². The Bertz CT molecular complexity index is 755. The Balaban J connectivity index is 1.58. The van der Waals surface area contributed by atoms with Crippen LogP contribution in [0, 0.1) is 12.8 Å². The van der Waals surface area contributed by atoms with E-state index in [1.54, 1.807) is 0 Å². The largest absolute Gasteiger partial charge is 0.494 e. The van der Waals surface area contributed by atoms with Crippen molar-refractivity contribution in [2.24, 2.45) is 16.1 Å². The molecular weight excluding hydrogens is 364 g/mol. The molecule has 0 spiro atoms. The van der Waals surface area contributed by atoms with Gasteiger partial charge in [0.1, 0.15) is 5.75 Å². The topological polar surface area (TPSA) is 60.2 Å². The summed E-state index contributed by atoms with van der Waals surface area (Å²) in [7, 11) is 0.